The van der Waals surface area contributed by atoms with E-state index in [4.69, 9.17) is 28.2 Å². The van der Waals surface area contributed by atoms with Gasteiger partial charge in [0.15, 0.2) is 10.3 Å². The topological polar surface area (TPSA) is 37.6 Å². The van der Waals surface area contributed by atoms with Gasteiger partial charge in [0.1, 0.15) is 0 Å². The predicted octanol–water partition coefficient (Wildman–Crippen LogP) is 5.66. The highest BCUT2D eigenvalue weighted by Gasteiger charge is 2.30. The summed E-state index contributed by atoms with van der Waals surface area (Å²) < 4.78 is 3.06. The van der Waals surface area contributed by atoms with E-state index in [0.717, 1.165) is 20.7 Å². The predicted molar refractivity (Wildman–Crippen MR) is 116 cm³/mol. The molecule has 0 aliphatic rings. The summed E-state index contributed by atoms with van der Waals surface area (Å²) in [6, 6.07) is 15.4. The number of benzene rings is 2. The molecule has 0 aliphatic heterocycles. The van der Waals surface area contributed by atoms with E-state index in [2.05, 4.69) is 0 Å². The van der Waals surface area contributed by atoms with Gasteiger partial charge in [0, 0.05) is 19.7 Å². The summed E-state index contributed by atoms with van der Waals surface area (Å²) in [5.74, 6) is -0.197. The van der Waals surface area contributed by atoms with Crippen LogP contribution in [0.5, 0.6) is 0 Å². The summed E-state index contributed by atoms with van der Waals surface area (Å²) in [4.78, 5) is 19.7. The summed E-state index contributed by atoms with van der Waals surface area (Å²) in [6.45, 7) is 0. The Morgan fingerprint density at radius 3 is 2.52 bits per heavy atom. The molecule has 2 heterocycles. The van der Waals surface area contributed by atoms with E-state index in [9.17, 15) is 4.79 Å². The van der Waals surface area contributed by atoms with Gasteiger partial charge in [-0.15, -0.1) is 24.0 Å². The molecule has 0 aliphatic carbocycles. The van der Waals surface area contributed by atoms with Crippen molar-refractivity contribution >= 4 is 68.0 Å². The van der Waals surface area contributed by atoms with Crippen molar-refractivity contribution in [2.75, 3.05) is 14.1 Å². The van der Waals surface area contributed by atoms with Gasteiger partial charge in [0.25, 0.3) is 0 Å². The second kappa shape index (κ2) is 7.68. The molecular weight excluding hydrogens is 425 g/mol. The zero-order chi connectivity index (χ0) is 18.4. The lowest BCUT2D eigenvalue weighted by atomic mass is 10.1. The molecule has 140 valence electrons. The zero-order valence-corrected chi connectivity index (χ0v) is 17.7. The van der Waals surface area contributed by atoms with Crippen LogP contribution in [0, 0.1) is 0 Å². The molecule has 0 fully saturated rings. The molecule has 1 unspecified atom stereocenters. The number of nitrogens with zero attached hydrogens (tertiary/aromatic N) is 3. The molecule has 2 aromatic carbocycles. The van der Waals surface area contributed by atoms with Crippen molar-refractivity contribution in [1.82, 2.24) is 14.3 Å². The molecule has 4 nitrogen and oxygen atoms in total. The molecule has 0 saturated heterocycles. The van der Waals surface area contributed by atoms with Crippen LogP contribution in [0.3, 0.4) is 0 Å². The number of para-hydroxylation sites is 1. The zero-order valence-electron chi connectivity index (χ0n) is 14.5. The van der Waals surface area contributed by atoms with Crippen molar-refractivity contribution in [2.24, 2.45) is 0 Å². The van der Waals surface area contributed by atoms with Gasteiger partial charge in [-0.25, -0.2) is 4.98 Å². The first-order valence-electron chi connectivity index (χ1n) is 7.99. The first kappa shape index (κ1) is 20.0. The molecule has 1 atom stereocenters. The fraction of sp³-hybridized carbons (Fsp3) is 0.158. The molecular formula is C19H16Cl3N3OS. The molecule has 2 aromatic heterocycles. The Morgan fingerprint density at radius 2 is 1.81 bits per heavy atom. The molecule has 0 radical (unpaired) electrons. The summed E-state index contributed by atoms with van der Waals surface area (Å²) in [7, 11) is 3.38. The normalized spacial score (nSPS) is 12.1. The van der Waals surface area contributed by atoms with E-state index in [0.29, 0.717) is 16.4 Å². The van der Waals surface area contributed by atoms with E-state index < -0.39 is 5.38 Å². The average molecular weight is 441 g/mol. The number of alkyl halides is 1. The van der Waals surface area contributed by atoms with Gasteiger partial charge < -0.3 is 4.90 Å². The van der Waals surface area contributed by atoms with Gasteiger partial charge in [-0.3, -0.25) is 9.20 Å². The number of halogens is 3. The number of amides is 1. The smallest absolute Gasteiger partial charge is 0.246 e. The Morgan fingerprint density at radius 1 is 1.15 bits per heavy atom. The van der Waals surface area contributed by atoms with Gasteiger partial charge in [-0.2, -0.15) is 0 Å². The number of rotatable bonds is 3. The maximum atomic E-state index is 12.6. The third-order valence-corrected chi connectivity index (χ3v) is 5.96. The largest absolute Gasteiger partial charge is 0.347 e. The number of aromatic nitrogens is 2. The maximum absolute atomic E-state index is 12.6. The van der Waals surface area contributed by atoms with E-state index in [1.807, 2.05) is 52.9 Å². The maximum Gasteiger partial charge on any atom is 0.246 e. The fourth-order valence-electron chi connectivity index (χ4n) is 2.97. The number of thiazole rings is 1. The first-order valence-corrected chi connectivity index (χ1v) is 9.62. The van der Waals surface area contributed by atoms with Crippen LogP contribution in [0.1, 0.15) is 11.1 Å². The molecule has 0 spiro atoms. The van der Waals surface area contributed by atoms with Crippen LogP contribution in [-0.2, 0) is 4.79 Å². The molecule has 8 heteroatoms. The number of fused-ring (bicyclic) bond motifs is 3. The number of carbonyl (C=O) groups is 1. The van der Waals surface area contributed by atoms with E-state index >= 15 is 0 Å². The third kappa shape index (κ3) is 3.29. The van der Waals surface area contributed by atoms with Crippen molar-refractivity contribution in [3.8, 4) is 11.3 Å². The molecule has 0 N–H and O–H groups in total. The number of hydrogen-bond donors (Lipinski definition) is 0. The molecule has 1 amide bonds. The average Bonchev–Trinajstić information content (AvgIpc) is 3.16. The Kier molecular flexibility index (Phi) is 5.68. The van der Waals surface area contributed by atoms with Crippen molar-refractivity contribution < 1.29 is 4.79 Å². The quantitative estimate of drug-likeness (QED) is 0.385. The Balaban J connectivity index is 0.00000210. The van der Waals surface area contributed by atoms with Crippen LogP contribution in [0.4, 0.5) is 0 Å². The number of imidazole rings is 1. The van der Waals surface area contributed by atoms with Crippen LogP contribution < -0.4 is 0 Å². The summed E-state index contributed by atoms with van der Waals surface area (Å²) in [5, 5.41) is -0.297. The van der Waals surface area contributed by atoms with Crippen molar-refractivity contribution in [1.29, 1.82) is 0 Å². The minimum atomic E-state index is -0.871. The fourth-order valence-corrected chi connectivity index (χ4v) is 4.62. The summed E-state index contributed by atoms with van der Waals surface area (Å²) in [5.41, 5.74) is 3.03. The Labute approximate surface area is 176 Å². The lowest BCUT2D eigenvalue weighted by Crippen LogP contribution is -2.26. The molecule has 0 bridgehead atoms. The highest BCUT2D eigenvalue weighted by molar-refractivity contribution is 7.23. The van der Waals surface area contributed by atoms with E-state index in [-0.39, 0.29) is 18.3 Å². The minimum absolute atomic E-state index is 0. The van der Waals surface area contributed by atoms with E-state index in [1.165, 1.54) is 4.90 Å². The summed E-state index contributed by atoms with van der Waals surface area (Å²) >= 11 is 14.6. The number of carbonyl (C=O) groups excluding carboxylic acids is 1. The van der Waals surface area contributed by atoms with Gasteiger partial charge >= 0.3 is 0 Å². The monoisotopic (exact) mass is 439 g/mol. The van der Waals surface area contributed by atoms with Crippen LogP contribution in [0.15, 0.2) is 48.5 Å². The highest BCUT2D eigenvalue weighted by atomic mass is 35.5. The third-order valence-electron chi connectivity index (χ3n) is 4.22. The second-order valence-electron chi connectivity index (χ2n) is 6.11. The SMILES string of the molecule is CN(C)C(=O)C(Cl)c1c(-c2ccccc2Cl)nc2sc3ccccc3n12.Cl. The summed E-state index contributed by atoms with van der Waals surface area (Å²) in [6.07, 6.45) is 0. The Bertz CT molecular complexity index is 1140. The standard InChI is InChI=1S/C19H15Cl2N3OS.ClH/c1-23(2)18(25)15(21)17-16(11-7-3-4-8-12(11)20)22-19-24(17)13-9-5-6-10-14(13)26-19;/h3-10,15H,1-2H3;1H. The second-order valence-corrected chi connectivity index (χ2v) is 7.96. The number of likely N-dealkylation sites (N-methyl/N-ethyl adjacent to an activating group) is 1. The molecule has 4 aromatic rings. The lowest BCUT2D eigenvalue weighted by Gasteiger charge is -2.16. The lowest BCUT2D eigenvalue weighted by molar-refractivity contribution is -0.128. The van der Waals surface area contributed by atoms with Gasteiger partial charge in [-0.1, -0.05) is 53.3 Å². The van der Waals surface area contributed by atoms with Crippen molar-refractivity contribution in [2.45, 2.75) is 5.38 Å². The van der Waals surface area contributed by atoms with Crippen LogP contribution in [-0.4, -0.2) is 34.3 Å². The molecule has 27 heavy (non-hydrogen) atoms. The Hall–Kier alpha value is -1.79. The molecule has 4 rings (SSSR count). The van der Waals surface area contributed by atoms with Crippen molar-refractivity contribution in [3.63, 3.8) is 0 Å². The molecule has 0 saturated carbocycles. The van der Waals surface area contributed by atoms with Crippen LogP contribution >= 0.6 is 46.9 Å². The van der Waals surface area contributed by atoms with E-state index in [1.54, 1.807) is 25.4 Å². The van der Waals surface area contributed by atoms with Gasteiger partial charge in [-0.05, 0) is 18.2 Å². The van der Waals surface area contributed by atoms with Gasteiger partial charge in [0.2, 0.25) is 5.91 Å². The van der Waals surface area contributed by atoms with Gasteiger partial charge in [0.05, 0.1) is 26.6 Å². The minimum Gasteiger partial charge on any atom is -0.347 e. The first-order chi connectivity index (χ1) is 12.5. The van der Waals surface area contributed by atoms with Crippen LogP contribution in [0.2, 0.25) is 5.02 Å². The van der Waals surface area contributed by atoms with Crippen molar-refractivity contribution in [3.05, 3.63) is 59.2 Å². The van der Waals surface area contributed by atoms with Crippen LogP contribution in [0.25, 0.3) is 26.4 Å². The number of hydrogen-bond acceptors (Lipinski definition) is 3. The highest BCUT2D eigenvalue weighted by Crippen LogP contribution is 2.40.